The Bertz CT molecular complexity index is 506. The van der Waals surface area contributed by atoms with Gasteiger partial charge in [-0.25, -0.2) is 8.42 Å². The van der Waals surface area contributed by atoms with Crippen LogP contribution in [0.1, 0.15) is 5.56 Å². The van der Waals surface area contributed by atoms with Crippen LogP contribution in [0.25, 0.3) is 0 Å². The minimum atomic E-state index is -3.01. The first-order valence-corrected chi connectivity index (χ1v) is 9.48. The van der Waals surface area contributed by atoms with Crippen LogP contribution in [0.3, 0.4) is 0 Å². The molecule has 0 aliphatic carbocycles. The molecule has 4 nitrogen and oxygen atoms in total. The molecule has 1 N–H and O–H groups in total. The van der Waals surface area contributed by atoms with Crippen LogP contribution in [0, 0.1) is 0 Å². The second kappa shape index (κ2) is 6.26. The molecule has 1 aliphatic heterocycles. The Morgan fingerprint density at radius 3 is 2.26 bits per heavy atom. The first-order valence-electron chi connectivity index (χ1n) is 6.40. The van der Waals surface area contributed by atoms with Gasteiger partial charge in [-0.3, -0.25) is 0 Å². The standard InChI is InChI=1S/C13H20N2O2S2/c1-18-13-5-3-12(4-6-13)11-14-7-9-15(10-8-14)19(2,16)17/h3-6H,7-11H2,1-2H3/p+1. The monoisotopic (exact) mass is 301 g/mol. The van der Waals surface area contributed by atoms with Crippen molar-refractivity contribution < 1.29 is 13.3 Å². The molecule has 1 aromatic carbocycles. The summed E-state index contributed by atoms with van der Waals surface area (Å²) >= 11 is 1.75. The highest BCUT2D eigenvalue weighted by molar-refractivity contribution is 7.98. The van der Waals surface area contributed by atoms with Crippen molar-refractivity contribution in [2.75, 3.05) is 38.7 Å². The topological polar surface area (TPSA) is 41.8 Å². The molecule has 1 saturated heterocycles. The normalized spacial score (nSPS) is 18.6. The van der Waals surface area contributed by atoms with E-state index in [9.17, 15) is 8.42 Å². The molecule has 0 saturated carbocycles. The van der Waals surface area contributed by atoms with E-state index in [1.54, 1.807) is 16.1 Å². The van der Waals surface area contributed by atoms with Crippen molar-refractivity contribution in [3.63, 3.8) is 0 Å². The molecule has 2 rings (SSSR count). The van der Waals surface area contributed by atoms with Crippen LogP contribution < -0.4 is 4.90 Å². The van der Waals surface area contributed by atoms with Crippen LogP contribution in [-0.2, 0) is 16.6 Å². The van der Waals surface area contributed by atoms with Gasteiger partial charge in [0.05, 0.1) is 32.4 Å². The fourth-order valence-corrected chi connectivity index (χ4v) is 3.60. The van der Waals surface area contributed by atoms with E-state index < -0.39 is 10.0 Å². The molecule has 1 heterocycles. The number of nitrogens with zero attached hydrogens (tertiary/aromatic N) is 1. The fraction of sp³-hybridized carbons (Fsp3) is 0.538. The van der Waals surface area contributed by atoms with Gasteiger partial charge < -0.3 is 4.90 Å². The Labute approximate surface area is 119 Å². The summed E-state index contributed by atoms with van der Waals surface area (Å²) in [4.78, 5) is 2.73. The maximum atomic E-state index is 11.4. The molecule has 1 aromatic rings. The lowest BCUT2D eigenvalue weighted by molar-refractivity contribution is -0.917. The zero-order valence-corrected chi connectivity index (χ0v) is 13.1. The summed E-state index contributed by atoms with van der Waals surface area (Å²) in [5.41, 5.74) is 1.32. The first kappa shape index (κ1) is 14.8. The van der Waals surface area contributed by atoms with Crippen LogP contribution in [0.5, 0.6) is 0 Å². The van der Waals surface area contributed by atoms with Crippen LogP contribution in [-0.4, -0.2) is 51.4 Å². The zero-order valence-electron chi connectivity index (χ0n) is 11.4. The van der Waals surface area contributed by atoms with Gasteiger partial charge in [0.2, 0.25) is 10.0 Å². The highest BCUT2D eigenvalue weighted by Gasteiger charge is 2.25. The first-order chi connectivity index (χ1) is 8.99. The van der Waals surface area contributed by atoms with Crippen LogP contribution in [0.15, 0.2) is 29.2 Å². The SMILES string of the molecule is CSc1ccc(C[NH+]2CCN(S(C)(=O)=O)CC2)cc1. The van der Waals surface area contributed by atoms with E-state index >= 15 is 0 Å². The maximum Gasteiger partial charge on any atom is 0.211 e. The number of rotatable bonds is 4. The van der Waals surface area contributed by atoms with Crippen molar-refractivity contribution in [3.8, 4) is 0 Å². The second-order valence-corrected chi connectivity index (χ2v) is 7.80. The number of quaternary nitrogens is 1. The number of sulfonamides is 1. The summed E-state index contributed by atoms with van der Waals surface area (Å²) < 4.78 is 24.4. The molecule has 0 bridgehead atoms. The maximum absolute atomic E-state index is 11.4. The minimum Gasteiger partial charge on any atom is -0.329 e. The Morgan fingerprint density at radius 1 is 1.21 bits per heavy atom. The molecule has 6 heteroatoms. The summed E-state index contributed by atoms with van der Waals surface area (Å²) in [5, 5.41) is 0. The number of hydrogen-bond donors (Lipinski definition) is 1. The van der Waals surface area contributed by atoms with Crippen LogP contribution >= 0.6 is 11.8 Å². The number of thioether (sulfide) groups is 1. The molecule has 0 aromatic heterocycles. The fourth-order valence-electron chi connectivity index (χ4n) is 2.34. The van der Waals surface area contributed by atoms with Crippen molar-refractivity contribution in [1.29, 1.82) is 0 Å². The third kappa shape index (κ3) is 4.21. The Balaban J connectivity index is 1.88. The van der Waals surface area contributed by atoms with E-state index in [0.717, 1.165) is 19.6 Å². The van der Waals surface area contributed by atoms with E-state index in [4.69, 9.17) is 0 Å². The minimum absolute atomic E-state index is 0.636. The average Bonchev–Trinajstić information content (AvgIpc) is 2.39. The molecule has 19 heavy (non-hydrogen) atoms. The highest BCUT2D eigenvalue weighted by atomic mass is 32.2. The molecular formula is C13H21N2O2S2+. The van der Waals surface area contributed by atoms with Gasteiger partial charge in [-0.15, -0.1) is 11.8 Å². The zero-order chi connectivity index (χ0) is 13.9. The second-order valence-electron chi connectivity index (χ2n) is 4.94. The predicted octanol–water partition coefficient (Wildman–Crippen LogP) is 0.0686. The van der Waals surface area contributed by atoms with Crippen molar-refractivity contribution >= 4 is 21.8 Å². The molecule has 106 valence electrons. The van der Waals surface area contributed by atoms with Gasteiger partial charge in [-0.05, 0) is 18.4 Å². The lowest BCUT2D eigenvalue weighted by Crippen LogP contribution is -3.13. The van der Waals surface area contributed by atoms with Crippen molar-refractivity contribution in [2.45, 2.75) is 11.4 Å². The molecule has 1 fully saturated rings. The van der Waals surface area contributed by atoms with E-state index in [2.05, 4.69) is 30.5 Å². The summed E-state index contributed by atoms with van der Waals surface area (Å²) in [6.07, 6.45) is 3.36. The van der Waals surface area contributed by atoms with Crippen LogP contribution in [0.2, 0.25) is 0 Å². The Kier molecular flexibility index (Phi) is 4.89. The summed E-state index contributed by atoms with van der Waals surface area (Å²) in [5.74, 6) is 0. The third-order valence-corrected chi connectivity index (χ3v) is 5.56. The Morgan fingerprint density at radius 2 is 1.79 bits per heavy atom. The summed E-state index contributed by atoms with van der Waals surface area (Å²) in [6.45, 7) is 4.02. The quantitative estimate of drug-likeness (QED) is 0.800. The largest absolute Gasteiger partial charge is 0.329 e. The lowest BCUT2D eigenvalue weighted by atomic mass is 10.2. The van der Waals surface area contributed by atoms with Crippen molar-refractivity contribution in [1.82, 2.24) is 4.31 Å². The molecule has 0 atom stereocenters. The molecule has 0 spiro atoms. The molecule has 0 amide bonds. The highest BCUT2D eigenvalue weighted by Crippen LogP contribution is 2.14. The number of nitrogens with one attached hydrogen (secondary N) is 1. The molecule has 0 radical (unpaired) electrons. The summed E-state index contributed by atoms with van der Waals surface area (Å²) in [7, 11) is -3.01. The smallest absolute Gasteiger partial charge is 0.211 e. The van der Waals surface area contributed by atoms with Gasteiger partial charge >= 0.3 is 0 Å². The third-order valence-electron chi connectivity index (χ3n) is 3.51. The summed E-state index contributed by atoms with van der Waals surface area (Å²) in [6, 6.07) is 8.63. The van der Waals surface area contributed by atoms with Crippen molar-refractivity contribution in [3.05, 3.63) is 29.8 Å². The predicted molar refractivity (Wildman–Crippen MR) is 79.0 cm³/mol. The average molecular weight is 301 g/mol. The van der Waals surface area contributed by atoms with Gasteiger partial charge in [0.1, 0.15) is 6.54 Å². The molecular weight excluding hydrogens is 280 g/mol. The van der Waals surface area contributed by atoms with E-state index in [1.165, 1.54) is 21.6 Å². The van der Waals surface area contributed by atoms with E-state index in [0.29, 0.717) is 13.1 Å². The van der Waals surface area contributed by atoms with Gasteiger partial charge in [-0.1, -0.05) is 12.1 Å². The van der Waals surface area contributed by atoms with Crippen LogP contribution in [0.4, 0.5) is 0 Å². The van der Waals surface area contributed by atoms with Crippen molar-refractivity contribution in [2.24, 2.45) is 0 Å². The lowest BCUT2D eigenvalue weighted by Gasteiger charge is -2.30. The van der Waals surface area contributed by atoms with Gasteiger partial charge in [0, 0.05) is 10.5 Å². The number of benzene rings is 1. The Hall–Kier alpha value is -0.560. The van der Waals surface area contributed by atoms with Gasteiger partial charge in [0.15, 0.2) is 0 Å². The number of piperazine rings is 1. The molecule has 1 aliphatic rings. The molecule has 0 unspecified atom stereocenters. The van der Waals surface area contributed by atoms with E-state index in [-0.39, 0.29) is 0 Å². The van der Waals surface area contributed by atoms with Gasteiger partial charge in [-0.2, -0.15) is 4.31 Å². The number of hydrogen-bond acceptors (Lipinski definition) is 3. The van der Waals surface area contributed by atoms with E-state index in [1.807, 2.05) is 0 Å². The van der Waals surface area contributed by atoms with Gasteiger partial charge in [0.25, 0.3) is 0 Å².